The molecule has 2 aliphatic carbocycles. The van der Waals surface area contributed by atoms with E-state index in [1.165, 1.54) is 72.0 Å². The molecule has 2 heterocycles. The van der Waals surface area contributed by atoms with Crippen molar-refractivity contribution in [3.8, 4) is 0 Å². The van der Waals surface area contributed by atoms with Crippen molar-refractivity contribution in [1.82, 2.24) is 20.5 Å². The van der Waals surface area contributed by atoms with E-state index in [4.69, 9.17) is 4.98 Å². The molecule has 39 heavy (non-hydrogen) atoms. The zero-order valence-corrected chi connectivity index (χ0v) is 24.0. The second-order valence-electron chi connectivity index (χ2n) is 13.1. The Labute approximate surface area is 235 Å². The molecule has 0 saturated heterocycles. The van der Waals surface area contributed by atoms with Crippen molar-refractivity contribution in [2.45, 2.75) is 103 Å². The van der Waals surface area contributed by atoms with Crippen molar-refractivity contribution in [3.05, 3.63) is 100 Å². The van der Waals surface area contributed by atoms with E-state index in [1.54, 1.807) is 0 Å². The molecule has 1 fully saturated rings. The van der Waals surface area contributed by atoms with Crippen LogP contribution in [0.25, 0.3) is 0 Å². The molecule has 2 atom stereocenters. The molecule has 0 amide bonds. The average molecular weight is 523 g/mol. The first kappa shape index (κ1) is 26.7. The molecule has 2 N–H and O–H groups in total. The number of nitrogens with one attached hydrogen (secondary N) is 2. The highest BCUT2D eigenvalue weighted by atomic mass is 15.2. The van der Waals surface area contributed by atoms with E-state index in [1.807, 2.05) is 6.20 Å². The van der Waals surface area contributed by atoms with Crippen molar-refractivity contribution >= 4 is 0 Å². The third-order valence-corrected chi connectivity index (χ3v) is 9.57. The van der Waals surface area contributed by atoms with Gasteiger partial charge in [0.05, 0.1) is 11.7 Å². The molecular formula is C35H46N4. The average Bonchev–Trinajstić information content (AvgIpc) is 2.97. The SMILES string of the molecule is CC1(C)CCC(NCc2ccc(CN(C[C@H]3Cc4ccccc4CN3)[C@H]3CCCc4cccnc43)cc2)CC1. The second kappa shape index (κ2) is 11.9. The molecule has 1 aromatic heterocycles. The Hall–Kier alpha value is -2.53. The zero-order valence-electron chi connectivity index (χ0n) is 24.0. The van der Waals surface area contributed by atoms with E-state index < -0.39 is 0 Å². The molecule has 1 saturated carbocycles. The minimum absolute atomic E-state index is 0.380. The summed E-state index contributed by atoms with van der Waals surface area (Å²) in [5, 5.41) is 7.68. The van der Waals surface area contributed by atoms with Crippen LogP contribution < -0.4 is 10.6 Å². The van der Waals surface area contributed by atoms with E-state index >= 15 is 0 Å². The molecular weight excluding hydrogens is 476 g/mol. The minimum atomic E-state index is 0.380. The molecule has 206 valence electrons. The predicted octanol–water partition coefficient (Wildman–Crippen LogP) is 6.73. The van der Waals surface area contributed by atoms with E-state index in [9.17, 15) is 0 Å². The van der Waals surface area contributed by atoms with Crippen molar-refractivity contribution in [2.75, 3.05) is 6.54 Å². The Morgan fingerprint density at radius 3 is 2.46 bits per heavy atom. The molecule has 4 nitrogen and oxygen atoms in total. The van der Waals surface area contributed by atoms with Gasteiger partial charge in [0.1, 0.15) is 0 Å². The summed E-state index contributed by atoms with van der Waals surface area (Å²) in [6.45, 7) is 8.77. The summed E-state index contributed by atoms with van der Waals surface area (Å²) in [5.41, 5.74) is 9.01. The van der Waals surface area contributed by atoms with E-state index in [-0.39, 0.29) is 0 Å². The van der Waals surface area contributed by atoms with Crippen molar-refractivity contribution in [2.24, 2.45) is 5.41 Å². The minimum Gasteiger partial charge on any atom is -0.310 e. The number of rotatable bonds is 8. The van der Waals surface area contributed by atoms with Gasteiger partial charge in [0.15, 0.2) is 0 Å². The zero-order chi connectivity index (χ0) is 26.7. The van der Waals surface area contributed by atoms with Gasteiger partial charge in [-0.15, -0.1) is 0 Å². The van der Waals surface area contributed by atoms with Gasteiger partial charge in [-0.2, -0.15) is 0 Å². The Bertz CT molecular complexity index is 1220. The number of hydrogen-bond acceptors (Lipinski definition) is 4. The van der Waals surface area contributed by atoms with Gasteiger partial charge >= 0.3 is 0 Å². The summed E-state index contributed by atoms with van der Waals surface area (Å²) in [6, 6.07) is 24.2. The lowest BCUT2D eigenvalue weighted by molar-refractivity contribution is 0.145. The molecule has 0 bridgehead atoms. The van der Waals surface area contributed by atoms with Gasteiger partial charge in [0.2, 0.25) is 0 Å². The molecule has 1 aliphatic heterocycles. The predicted molar refractivity (Wildman–Crippen MR) is 160 cm³/mol. The van der Waals surface area contributed by atoms with Crippen LogP contribution in [0.15, 0.2) is 66.9 Å². The number of pyridine rings is 1. The maximum Gasteiger partial charge on any atom is 0.0607 e. The number of hydrogen-bond donors (Lipinski definition) is 2. The van der Waals surface area contributed by atoms with Crippen molar-refractivity contribution < 1.29 is 0 Å². The Morgan fingerprint density at radius 1 is 0.897 bits per heavy atom. The summed E-state index contributed by atoms with van der Waals surface area (Å²) in [7, 11) is 0. The van der Waals surface area contributed by atoms with E-state index in [0.29, 0.717) is 23.5 Å². The van der Waals surface area contributed by atoms with Crippen LogP contribution in [0.1, 0.15) is 91.9 Å². The fourth-order valence-corrected chi connectivity index (χ4v) is 7.04. The quantitative estimate of drug-likeness (QED) is 0.344. The summed E-state index contributed by atoms with van der Waals surface area (Å²) >= 11 is 0. The van der Waals surface area contributed by atoms with E-state index in [0.717, 1.165) is 39.0 Å². The largest absolute Gasteiger partial charge is 0.310 e. The maximum absolute atomic E-state index is 4.91. The molecule has 3 aliphatic rings. The van der Waals surface area contributed by atoms with Gasteiger partial charge < -0.3 is 10.6 Å². The summed E-state index contributed by atoms with van der Waals surface area (Å²) in [4.78, 5) is 7.63. The topological polar surface area (TPSA) is 40.2 Å². The van der Waals surface area contributed by atoms with Crippen LogP contribution >= 0.6 is 0 Å². The Kier molecular flexibility index (Phi) is 8.15. The van der Waals surface area contributed by atoms with Crippen LogP contribution in [0.2, 0.25) is 0 Å². The number of fused-ring (bicyclic) bond motifs is 2. The summed E-state index contributed by atoms with van der Waals surface area (Å²) in [5.74, 6) is 0. The van der Waals surface area contributed by atoms with Crippen LogP contribution in [-0.2, 0) is 32.5 Å². The third-order valence-electron chi connectivity index (χ3n) is 9.57. The highest BCUT2D eigenvalue weighted by Gasteiger charge is 2.30. The summed E-state index contributed by atoms with van der Waals surface area (Å²) in [6.07, 6.45) is 11.9. The van der Waals surface area contributed by atoms with Gasteiger partial charge in [0, 0.05) is 44.5 Å². The molecule has 3 aromatic rings. The van der Waals surface area contributed by atoms with Gasteiger partial charge in [-0.3, -0.25) is 9.88 Å². The standard InChI is InChI=1S/C35H46N4/c1-35(2)18-16-31(17-19-35)37-22-26-12-14-27(15-13-26)24-39(33-11-5-9-28-10-6-20-36-34(28)33)25-32-21-29-7-3-4-8-30(29)23-38-32/h3-4,6-8,10,12-15,20,31-33,37-38H,5,9,11,16-19,21-25H2,1-2H3/t32-,33+/m1/s1. The molecule has 6 rings (SSSR count). The van der Waals surface area contributed by atoms with Crippen LogP contribution in [0, 0.1) is 5.41 Å². The smallest absolute Gasteiger partial charge is 0.0607 e. The van der Waals surface area contributed by atoms with Crippen LogP contribution in [0.3, 0.4) is 0 Å². The van der Waals surface area contributed by atoms with Gasteiger partial charge in [-0.1, -0.05) is 68.4 Å². The fourth-order valence-electron chi connectivity index (χ4n) is 7.04. The monoisotopic (exact) mass is 522 g/mol. The first-order valence-corrected chi connectivity index (χ1v) is 15.3. The Balaban J connectivity index is 1.14. The van der Waals surface area contributed by atoms with E-state index in [2.05, 4.69) is 90.0 Å². The van der Waals surface area contributed by atoms with Crippen LogP contribution in [0.5, 0.6) is 0 Å². The number of benzene rings is 2. The highest BCUT2D eigenvalue weighted by Crippen LogP contribution is 2.36. The third kappa shape index (κ3) is 6.62. The van der Waals surface area contributed by atoms with Crippen molar-refractivity contribution in [1.29, 1.82) is 0 Å². The molecule has 0 unspecified atom stereocenters. The van der Waals surface area contributed by atoms with Crippen molar-refractivity contribution in [3.63, 3.8) is 0 Å². The van der Waals surface area contributed by atoms with Gasteiger partial charge in [-0.05, 0) is 90.7 Å². The first-order chi connectivity index (χ1) is 19.0. The lowest BCUT2D eigenvalue weighted by atomic mass is 9.75. The fraction of sp³-hybridized carbons (Fsp3) is 0.514. The van der Waals surface area contributed by atoms with Crippen LogP contribution in [-0.4, -0.2) is 28.5 Å². The number of aromatic nitrogens is 1. The highest BCUT2D eigenvalue weighted by molar-refractivity contribution is 5.31. The number of nitrogens with zero attached hydrogens (tertiary/aromatic N) is 2. The number of aryl methyl sites for hydroxylation is 1. The molecule has 2 aromatic carbocycles. The second-order valence-corrected chi connectivity index (χ2v) is 13.1. The molecule has 4 heteroatoms. The van der Waals surface area contributed by atoms with Gasteiger partial charge in [-0.25, -0.2) is 0 Å². The molecule has 0 spiro atoms. The molecule has 0 radical (unpaired) electrons. The first-order valence-electron chi connectivity index (χ1n) is 15.3. The maximum atomic E-state index is 4.91. The van der Waals surface area contributed by atoms with Gasteiger partial charge in [0.25, 0.3) is 0 Å². The normalized spacial score (nSPS) is 22.8. The Morgan fingerprint density at radius 2 is 1.64 bits per heavy atom. The summed E-state index contributed by atoms with van der Waals surface area (Å²) < 4.78 is 0. The lowest BCUT2D eigenvalue weighted by Crippen LogP contribution is -2.46. The lowest BCUT2D eigenvalue weighted by Gasteiger charge is -2.38. The van der Waals surface area contributed by atoms with Crippen LogP contribution in [0.4, 0.5) is 0 Å².